The Balaban J connectivity index is 1.25. The van der Waals surface area contributed by atoms with Crippen molar-refractivity contribution in [2.45, 2.75) is 0 Å². The third kappa shape index (κ3) is 4.40. The first-order valence-corrected chi connectivity index (χ1v) is 18.9. The van der Waals surface area contributed by atoms with E-state index in [1.807, 2.05) is 18.5 Å². The number of hydrogen-bond donors (Lipinski definition) is 0. The number of aromatic nitrogens is 1. The van der Waals surface area contributed by atoms with Crippen LogP contribution in [-0.4, -0.2) is 4.98 Å². The van der Waals surface area contributed by atoms with Crippen LogP contribution in [0.4, 0.5) is 0 Å². The molecule has 0 unspecified atom stereocenters. The Labute approximate surface area is 316 Å². The molecular weight excluding hydrogens is 667 g/mol. The summed E-state index contributed by atoms with van der Waals surface area (Å²) >= 11 is 0. The topological polar surface area (TPSA) is 26.0 Å². The smallest absolute Gasteiger partial charge is 0.135 e. The molecule has 10 aromatic carbocycles. The Morgan fingerprint density at radius 1 is 0.309 bits per heavy atom. The van der Waals surface area contributed by atoms with Gasteiger partial charge in [-0.1, -0.05) is 146 Å². The van der Waals surface area contributed by atoms with Crippen molar-refractivity contribution in [2.24, 2.45) is 0 Å². The van der Waals surface area contributed by atoms with E-state index >= 15 is 0 Å². The van der Waals surface area contributed by atoms with Gasteiger partial charge in [-0.3, -0.25) is 4.98 Å². The molecule has 0 aliphatic heterocycles. The lowest BCUT2D eigenvalue weighted by molar-refractivity contribution is 0.669. The maximum atomic E-state index is 6.32. The van der Waals surface area contributed by atoms with Crippen LogP contribution in [0.2, 0.25) is 0 Å². The van der Waals surface area contributed by atoms with Crippen LogP contribution < -0.4 is 0 Å². The molecule has 0 aliphatic rings. The molecule has 2 aromatic heterocycles. The van der Waals surface area contributed by atoms with Gasteiger partial charge in [0.25, 0.3) is 0 Å². The molecule has 0 atom stereocenters. The minimum Gasteiger partial charge on any atom is -0.456 e. The highest BCUT2D eigenvalue weighted by Gasteiger charge is 2.24. The summed E-state index contributed by atoms with van der Waals surface area (Å²) in [5.74, 6) is 0. The molecule has 2 heterocycles. The number of fused-ring (bicyclic) bond motifs is 5. The summed E-state index contributed by atoms with van der Waals surface area (Å²) in [6.45, 7) is 0. The molecular formula is C53H31NO. The average molecular weight is 698 g/mol. The van der Waals surface area contributed by atoms with E-state index in [1.165, 1.54) is 87.2 Å². The third-order valence-corrected chi connectivity index (χ3v) is 11.7. The van der Waals surface area contributed by atoms with Crippen molar-refractivity contribution in [3.8, 4) is 44.5 Å². The fraction of sp³-hybridized carbons (Fsp3) is 0. The van der Waals surface area contributed by atoms with E-state index in [2.05, 4.69) is 175 Å². The van der Waals surface area contributed by atoms with Crippen molar-refractivity contribution < 1.29 is 4.42 Å². The molecule has 0 amide bonds. The van der Waals surface area contributed by atoms with E-state index < -0.39 is 0 Å². The van der Waals surface area contributed by atoms with Crippen LogP contribution in [0, 0.1) is 0 Å². The van der Waals surface area contributed by atoms with Gasteiger partial charge in [-0.05, 0) is 129 Å². The Hall–Kier alpha value is -7.29. The molecule has 0 saturated carbocycles. The van der Waals surface area contributed by atoms with Crippen LogP contribution in [0.25, 0.3) is 120 Å². The van der Waals surface area contributed by atoms with Crippen molar-refractivity contribution >= 4 is 75.8 Å². The zero-order valence-electron chi connectivity index (χ0n) is 29.8. The molecule has 0 radical (unpaired) electrons. The van der Waals surface area contributed by atoms with Crippen molar-refractivity contribution in [3.05, 3.63) is 188 Å². The van der Waals surface area contributed by atoms with Gasteiger partial charge in [0.1, 0.15) is 11.2 Å². The normalized spacial score (nSPS) is 12.0. The van der Waals surface area contributed by atoms with Gasteiger partial charge in [0.15, 0.2) is 0 Å². The van der Waals surface area contributed by atoms with Crippen LogP contribution >= 0.6 is 0 Å². The molecule has 12 aromatic rings. The third-order valence-electron chi connectivity index (χ3n) is 11.7. The molecule has 0 N–H and O–H groups in total. The minimum atomic E-state index is 0.895. The summed E-state index contributed by atoms with van der Waals surface area (Å²) in [5, 5.41) is 14.8. The largest absolute Gasteiger partial charge is 0.456 e. The van der Waals surface area contributed by atoms with Gasteiger partial charge >= 0.3 is 0 Å². The number of pyridine rings is 1. The quantitative estimate of drug-likeness (QED) is 0.135. The number of hydrogen-bond acceptors (Lipinski definition) is 2. The van der Waals surface area contributed by atoms with Crippen molar-refractivity contribution in [1.29, 1.82) is 0 Å². The summed E-state index contributed by atoms with van der Waals surface area (Å²) in [6, 6.07) is 64.5. The number of rotatable bonds is 4. The first-order valence-electron chi connectivity index (χ1n) is 18.9. The summed E-state index contributed by atoms with van der Waals surface area (Å²) < 4.78 is 6.32. The van der Waals surface area contributed by atoms with Gasteiger partial charge in [0, 0.05) is 23.2 Å². The molecule has 0 fully saturated rings. The average Bonchev–Trinajstić information content (AvgIpc) is 3.63. The first kappa shape index (κ1) is 30.2. The lowest BCUT2D eigenvalue weighted by Gasteiger charge is -2.23. The van der Waals surface area contributed by atoms with Crippen LogP contribution in [0.5, 0.6) is 0 Å². The standard InChI is InChI=1S/C53H31NO/c1-3-14-43-41(12-1)50(35-27-29-54-30-28-35)42-13-2-4-15-44(42)53(43)52-37(36-23-26-48-46(31-36)39-11-5-6-18-47(39)55-48)16-8-17-40(52)38-24-21-34-20-19-32-9-7-10-33-22-25-45(38)51(34)49(32)33/h1-31H. The second kappa shape index (κ2) is 11.6. The predicted octanol–water partition coefficient (Wildman–Crippen LogP) is 14.9. The fourth-order valence-electron chi connectivity index (χ4n) is 9.38. The van der Waals surface area contributed by atoms with E-state index in [-0.39, 0.29) is 0 Å². The van der Waals surface area contributed by atoms with Gasteiger partial charge < -0.3 is 4.42 Å². The summed E-state index contributed by atoms with van der Waals surface area (Å²) in [5.41, 5.74) is 11.4. The van der Waals surface area contributed by atoms with E-state index in [1.54, 1.807) is 0 Å². The van der Waals surface area contributed by atoms with Crippen molar-refractivity contribution in [2.75, 3.05) is 0 Å². The van der Waals surface area contributed by atoms with E-state index in [4.69, 9.17) is 4.42 Å². The number of benzene rings is 10. The predicted molar refractivity (Wildman–Crippen MR) is 232 cm³/mol. The van der Waals surface area contributed by atoms with Crippen LogP contribution in [-0.2, 0) is 0 Å². The Morgan fingerprint density at radius 2 is 0.891 bits per heavy atom. The van der Waals surface area contributed by atoms with Crippen molar-refractivity contribution in [3.63, 3.8) is 0 Å². The Bertz CT molecular complexity index is 3410. The zero-order valence-corrected chi connectivity index (χ0v) is 29.8. The number of furan rings is 1. The summed E-state index contributed by atoms with van der Waals surface area (Å²) in [4.78, 5) is 4.37. The van der Waals surface area contributed by atoms with E-state index in [0.717, 1.165) is 33.1 Å². The van der Waals surface area contributed by atoms with Gasteiger partial charge in [0.2, 0.25) is 0 Å². The Kier molecular flexibility index (Phi) is 6.37. The number of para-hydroxylation sites is 1. The van der Waals surface area contributed by atoms with Gasteiger partial charge in [-0.2, -0.15) is 0 Å². The summed E-state index contributed by atoms with van der Waals surface area (Å²) in [7, 11) is 0. The Morgan fingerprint density at radius 3 is 1.64 bits per heavy atom. The van der Waals surface area contributed by atoms with Crippen LogP contribution in [0.3, 0.4) is 0 Å². The molecule has 254 valence electrons. The SMILES string of the molecule is c1cc(-c2ccc3oc4ccccc4c3c2)c(-c2c3ccccc3c(-c3ccncc3)c3ccccc23)c(-c2ccc3ccc4cccc5ccc2c3c45)c1. The molecule has 55 heavy (non-hydrogen) atoms. The highest BCUT2D eigenvalue weighted by Crippen LogP contribution is 2.51. The molecule has 0 aliphatic carbocycles. The van der Waals surface area contributed by atoms with Crippen LogP contribution in [0.1, 0.15) is 0 Å². The van der Waals surface area contributed by atoms with E-state index in [9.17, 15) is 0 Å². The molecule has 2 nitrogen and oxygen atoms in total. The van der Waals surface area contributed by atoms with Gasteiger partial charge in [-0.15, -0.1) is 0 Å². The molecule has 0 saturated heterocycles. The molecule has 0 bridgehead atoms. The van der Waals surface area contributed by atoms with Gasteiger partial charge in [0.05, 0.1) is 0 Å². The lowest BCUT2D eigenvalue weighted by Crippen LogP contribution is -1.96. The monoisotopic (exact) mass is 697 g/mol. The van der Waals surface area contributed by atoms with Gasteiger partial charge in [-0.25, -0.2) is 0 Å². The molecule has 12 rings (SSSR count). The lowest BCUT2D eigenvalue weighted by atomic mass is 9.80. The van der Waals surface area contributed by atoms with E-state index in [0.29, 0.717) is 0 Å². The molecule has 0 spiro atoms. The second-order valence-corrected chi connectivity index (χ2v) is 14.6. The maximum Gasteiger partial charge on any atom is 0.135 e. The summed E-state index contributed by atoms with van der Waals surface area (Å²) in [6.07, 6.45) is 3.79. The molecule has 2 heteroatoms. The van der Waals surface area contributed by atoms with Crippen molar-refractivity contribution in [1.82, 2.24) is 4.98 Å². The minimum absolute atomic E-state index is 0.895. The zero-order chi connectivity index (χ0) is 36.0. The number of nitrogens with zero attached hydrogens (tertiary/aromatic N) is 1. The van der Waals surface area contributed by atoms with Crippen LogP contribution in [0.15, 0.2) is 193 Å². The highest BCUT2D eigenvalue weighted by molar-refractivity contribution is 6.28. The first-order chi connectivity index (χ1) is 27.3. The fourth-order valence-corrected chi connectivity index (χ4v) is 9.38. The maximum absolute atomic E-state index is 6.32. The second-order valence-electron chi connectivity index (χ2n) is 14.6. The highest BCUT2D eigenvalue weighted by atomic mass is 16.3.